The van der Waals surface area contributed by atoms with Gasteiger partial charge in [-0.05, 0) is 63.3 Å². The van der Waals surface area contributed by atoms with Gasteiger partial charge in [-0.15, -0.1) is 0 Å². The van der Waals surface area contributed by atoms with Crippen molar-refractivity contribution in [1.29, 1.82) is 0 Å². The summed E-state index contributed by atoms with van der Waals surface area (Å²) >= 11 is 0. The molecule has 8 nitrogen and oxygen atoms in total. The smallest absolute Gasteiger partial charge is 0.410 e. The molecule has 1 saturated heterocycles. The molecule has 37 heavy (non-hydrogen) atoms. The lowest BCUT2D eigenvalue weighted by Crippen LogP contribution is -2.50. The van der Waals surface area contributed by atoms with E-state index in [4.69, 9.17) is 4.74 Å². The third-order valence-corrected chi connectivity index (χ3v) is 7.35. The van der Waals surface area contributed by atoms with E-state index >= 15 is 0 Å². The molecule has 0 unspecified atom stereocenters. The quantitative estimate of drug-likeness (QED) is 0.582. The summed E-state index contributed by atoms with van der Waals surface area (Å²) in [5, 5.41) is 0. The summed E-state index contributed by atoms with van der Waals surface area (Å²) in [5.74, 6) is -0.281. The summed E-state index contributed by atoms with van der Waals surface area (Å²) in [6.07, 6.45) is 3.43. The van der Waals surface area contributed by atoms with Crippen LogP contribution >= 0.6 is 0 Å². The predicted molar refractivity (Wildman–Crippen MR) is 143 cm³/mol. The highest BCUT2D eigenvalue weighted by Crippen LogP contribution is 2.46. The molecule has 0 radical (unpaired) electrons. The highest BCUT2D eigenvalue weighted by molar-refractivity contribution is 7.89. The van der Waals surface area contributed by atoms with Crippen LogP contribution in [0.1, 0.15) is 67.4 Å². The molecule has 0 bridgehead atoms. The Hall–Kier alpha value is -2.91. The number of likely N-dealkylation sites (tertiary alicyclic amines) is 1. The summed E-state index contributed by atoms with van der Waals surface area (Å²) in [6, 6.07) is 17.7. The fraction of sp³-hybridized carbons (Fsp3) is 0.500. The standard InChI is InChI=1S/C28H37N3O5S/c1-28(2,3)36-27(33)31(25-18-24(25)21-8-6-5-7-9-21)23-14-16-30(17-15-23)19-20-10-12-22(13-11-20)26(32)29-37(4,34)35/h5-13,23-25H,14-19H2,1-4H3,(H,29,32)/t24-,25+/m0/s1. The molecule has 1 saturated carbocycles. The van der Waals surface area contributed by atoms with Gasteiger partial charge in [0.05, 0.1) is 6.26 Å². The molecule has 2 amide bonds. The summed E-state index contributed by atoms with van der Waals surface area (Å²) in [5.41, 5.74) is 2.08. The molecule has 1 aliphatic carbocycles. The van der Waals surface area contributed by atoms with E-state index in [2.05, 4.69) is 17.0 Å². The lowest BCUT2D eigenvalue weighted by molar-refractivity contribution is 0.00487. The number of sulfonamides is 1. The van der Waals surface area contributed by atoms with Gasteiger partial charge in [0.1, 0.15) is 5.60 Å². The molecule has 2 atom stereocenters. The monoisotopic (exact) mass is 527 g/mol. The van der Waals surface area contributed by atoms with Gasteiger partial charge >= 0.3 is 6.09 Å². The Labute approximate surface area is 220 Å². The first kappa shape index (κ1) is 27.1. The number of hydrogen-bond donors (Lipinski definition) is 1. The summed E-state index contributed by atoms with van der Waals surface area (Å²) in [4.78, 5) is 29.7. The molecular weight excluding hydrogens is 490 g/mol. The van der Waals surface area contributed by atoms with Crippen LogP contribution in [0, 0.1) is 0 Å². The Kier molecular flexibility index (Phi) is 7.94. The van der Waals surface area contributed by atoms with Crippen LogP contribution in [0.15, 0.2) is 54.6 Å². The Morgan fingerprint density at radius 1 is 1.03 bits per heavy atom. The zero-order valence-electron chi connectivity index (χ0n) is 22.0. The van der Waals surface area contributed by atoms with Crippen molar-refractivity contribution in [3.8, 4) is 0 Å². The van der Waals surface area contributed by atoms with Crippen LogP contribution in [0.4, 0.5) is 4.79 Å². The summed E-state index contributed by atoms with van der Waals surface area (Å²) in [7, 11) is -3.60. The fourth-order valence-corrected chi connectivity index (χ4v) is 5.47. The van der Waals surface area contributed by atoms with Crippen LogP contribution in [0.3, 0.4) is 0 Å². The van der Waals surface area contributed by atoms with E-state index in [-0.39, 0.29) is 18.2 Å². The lowest BCUT2D eigenvalue weighted by atomic mass is 10.0. The third-order valence-electron chi connectivity index (χ3n) is 6.80. The number of hydrogen-bond acceptors (Lipinski definition) is 6. The van der Waals surface area contributed by atoms with Gasteiger partial charge in [0, 0.05) is 43.2 Å². The minimum Gasteiger partial charge on any atom is -0.444 e. The second kappa shape index (κ2) is 10.8. The van der Waals surface area contributed by atoms with Gasteiger partial charge in [-0.3, -0.25) is 9.69 Å². The molecule has 9 heteroatoms. The Bertz CT molecular complexity index is 1200. The number of benzene rings is 2. The van der Waals surface area contributed by atoms with E-state index in [1.54, 1.807) is 12.1 Å². The maximum atomic E-state index is 13.3. The fourth-order valence-electron chi connectivity index (χ4n) is 5.02. The highest BCUT2D eigenvalue weighted by Gasteiger charge is 2.48. The molecule has 2 aromatic carbocycles. The molecule has 4 rings (SSSR count). The summed E-state index contributed by atoms with van der Waals surface area (Å²) < 4.78 is 30.4. The molecular formula is C28H37N3O5S. The van der Waals surface area contributed by atoms with E-state index in [1.807, 2.05) is 60.7 Å². The molecule has 0 spiro atoms. The largest absolute Gasteiger partial charge is 0.444 e. The number of carbonyl (C=O) groups is 2. The molecule has 0 aromatic heterocycles. The molecule has 2 aromatic rings. The maximum absolute atomic E-state index is 13.3. The van der Waals surface area contributed by atoms with Crippen LogP contribution in [0.25, 0.3) is 0 Å². The van der Waals surface area contributed by atoms with Crippen molar-refractivity contribution >= 4 is 22.0 Å². The van der Waals surface area contributed by atoms with E-state index in [1.165, 1.54) is 5.56 Å². The number of nitrogens with zero attached hydrogens (tertiary/aromatic N) is 2. The summed E-state index contributed by atoms with van der Waals surface area (Å²) in [6.45, 7) is 8.14. The minimum absolute atomic E-state index is 0.131. The SMILES string of the molecule is CC(C)(C)OC(=O)N(C1CCN(Cc2ccc(C(=O)NS(C)(=O)=O)cc2)CC1)[C@@H]1C[C@H]1c1ccccc1. The van der Waals surface area contributed by atoms with Crippen LogP contribution in [0.2, 0.25) is 0 Å². The molecule has 2 aliphatic rings. The van der Waals surface area contributed by atoms with Crippen molar-refractivity contribution in [2.24, 2.45) is 0 Å². The van der Waals surface area contributed by atoms with Gasteiger partial charge in [0.25, 0.3) is 5.91 Å². The second-order valence-electron chi connectivity index (χ2n) is 11.1. The van der Waals surface area contributed by atoms with E-state index < -0.39 is 21.5 Å². The van der Waals surface area contributed by atoms with Gasteiger partial charge in [0.15, 0.2) is 0 Å². The zero-order valence-corrected chi connectivity index (χ0v) is 22.8. The van der Waals surface area contributed by atoms with Crippen molar-refractivity contribution in [2.75, 3.05) is 19.3 Å². The number of amides is 2. The van der Waals surface area contributed by atoms with Gasteiger partial charge in [0.2, 0.25) is 10.0 Å². The number of piperidine rings is 1. The van der Waals surface area contributed by atoms with Crippen molar-refractivity contribution < 1.29 is 22.7 Å². The Morgan fingerprint density at radius 2 is 1.65 bits per heavy atom. The molecule has 2 fully saturated rings. The predicted octanol–water partition coefficient (Wildman–Crippen LogP) is 4.13. The van der Waals surface area contributed by atoms with Gasteiger partial charge < -0.3 is 9.64 Å². The maximum Gasteiger partial charge on any atom is 0.410 e. The molecule has 1 aliphatic heterocycles. The molecule has 200 valence electrons. The average Bonchev–Trinajstić information content (AvgIpc) is 3.59. The average molecular weight is 528 g/mol. The highest BCUT2D eigenvalue weighted by atomic mass is 32.2. The van der Waals surface area contributed by atoms with Gasteiger partial charge in [-0.2, -0.15) is 0 Å². The van der Waals surface area contributed by atoms with Gasteiger partial charge in [-0.1, -0.05) is 42.5 Å². The van der Waals surface area contributed by atoms with Gasteiger partial charge in [-0.25, -0.2) is 17.9 Å². The van der Waals surface area contributed by atoms with Crippen LogP contribution in [-0.4, -0.2) is 67.2 Å². The zero-order chi connectivity index (χ0) is 26.8. The second-order valence-corrected chi connectivity index (χ2v) is 12.9. The molecule has 1 N–H and O–H groups in total. The lowest BCUT2D eigenvalue weighted by Gasteiger charge is -2.39. The van der Waals surface area contributed by atoms with E-state index in [9.17, 15) is 18.0 Å². The first-order valence-electron chi connectivity index (χ1n) is 12.8. The number of rotatable bonds is 7. The van der Waals surface area contributed by atoms with Crippen LogP contribution in [0.5, 0.6) is 0 Å². The topological polar surface area (TPSA) is 96.0 Å². The van der Waals surface area contributed by atoms with E-state index in [0.717, 1.165) is 50.7 Å². The Morgan fingerprint density at radius 3 is 2.22 bits per heavy atom. The van der Waals surface area contributed by atoms with Crippen molar-refractivity contribution in [3.63, 3.8) is 0 Å². The van der Waals surface area contributed by atoms with Crippen LogP contribution < -0.4 is 4.72 Å². The van der Waals surface area contributed by atoms with E-state index in [0.29, 0.717) is 11.5 Å². The van der Waals surface area contributed by atoms with Crippen molar-refractivity contribution in [1.82, 2.24) is 14.5 Å². The third kappa shape index (κ3) is 7.55. The first-order chi connectivity index (χ1) is 17.4. The van der Waals surface area contributed by atoms with Crippen molar-refractivity contribution in [2.45, 2.75) is 70.2 Å². The number of nitrogens with one attached hydrogen (secondary N) is 1. The van der Waals surface area contributed by atoms with Crippen LogP contribution in [-0.2, 0) is 21.3 Å². The number of ether oxygens (including phenoxy) is 1. The Balaban J connectivity index is 1.36. The first-order valence-corrected chi connectivity index (χ1v) is 14.7. The minimum atomic E-state index is -3.60. The number of carbonyl (C=O) groups excluding carboxylic acids is 2. The van der Waals surface area contributed by atoms with Crippen molar-refractivity contribution in [3.05, 3.63) is 71.3 Å². The normalized spacial score (nSPS) is 20.8. The molecule has 1 heterocycles.